The van der Waals surface area contributed by atoms with Crippen LogP contribution in [0.1, 0.15) is 5.56 Å². The van der Waals surface area contributed by atoms with Crippen molar-refractivity contribution in [3.8, 4) is 0 Å². The average molecular weight is 441 g/mol. The molecule has 0 unspecified atom stereocenters. The average Bonchev–Trinajstić information content (AvgIpc) is 2.66. The predicted octanol–water partition coefficient (Wildman–Crippen LogP) is 2.66. The number of nitrogens with one attached hydrogen (secondary N) is 1. The van der Waals surface area contributed by atoms with E-state index in [4.69, 9.17) is 0 Å². The molecular weight excluding hydrogens is 416 g/mol. The van der Waals surface area contributed by atoms with Crippen LogP contribution >= 0.6 is 11.8 Å². The van der Waals surface area contributed by atoms with Crippen molar-refractivity contribution >= 4 is 42.8 Å². The Morgan fingerprint density at radius 2 is 1.57 bits per heavy atom. The summed E-state index contributed by atoms with van der Waals surface area (Å²) in [6.45, 7) is 2.54. The van der Waals surface area contributed by atoms with Gasteiger partial charge in [-0.1, -0.05) is 12.1 Å². The molecule has 1 fully saturated rings. The Hall–Kier alpha value is -1.71. The third kappa shape index (κ3) is 5.21. The fourth-order valence-corrected chi connectivity index (χ4v) is 5.54. The lowest BCUT2D eigenvalue weighted by Crippen LogP contribution is -2.32. The van der Waals surface area contributed by atoms with Crippen LogP contribution in [0.3, 0.4) is 0 Å². The zero-order valence-corrected chi connectivity index (χ0v) is 18.3. The van der Waals surface area contributed by atoms with Gasteiger partial charge in [-0.15, -0.1) is 0 Å². The summed E-state index contributed by atoms with van der Waals surface area (Å²) >= 11 is 1.97. The van der Waals surface area contributed by atoms with Crippen LogP contribution < -0.4 is 10.2 Å². The number of sulfone groups is 2. The van der Waals surface area contributed by atoms with Gasteiger partial charge in [0.2, 0.25) is 0 Å². The van der Waals surface area contributed by atoms with E-state index in [0.29, 0.717) is 12.2 Å². The summed E-state index contributed by atoms with van der Waals surface area (Å²) in [5.74, 6) is 2.28. The van der Waals surface area contributed by atoms with Crippen LogP contribution in [-0.2, 0) is 26.2 Å². The molecule has 6 nitrogen and oxygen atoms in total. The summed E-state index contributed by atoms with van der Waals surface area (Å²) in [4.78, 5) is 2.33. The quantitative estimate of drug-likeness (QED) is 0.739. The summed E-state index contributed by atoms with van der Waals surface area (Å²) < 4.78 is 47.7. The minimum Gasteiger partial charge on any atom is -0.380 e. The first-order valence-electron chi connectivity index (χ1n) is 8.84. The molecule has 2 aromatic carbocycles. The van der Waals surface area contributed by atoms with E-state index < -0.39 is 19.7 Å². The highest BCUT2D eigenvalue weighted by Gasteiger charge is 2.18. The predicted molar refractivity (Wildman–Crippen MR) is 116 cm³/mol. The van der Waals surface area contributed by atoms with Crippen LogP contribution in [0.2, 0.25) is 0 Å². The zero-order valence-electron chi connectivity index (χ0n) is 15.9. The van der Waals surface area contributed by atoms with E-state index in [1.54, 1.807) is 0 Å². The van der Waals surface area contributed by atoms with Crippen molar-refractivity contribution in [2.45, 2.75) is 16.3 Å². The summed E-state index contributed by atoms with van der Waals surface area (Å²) in [6, 6.07) is 12.3. The Bertz CT molecular complexity index is 1040. The molecule has 0 radical (unpaired) electrons. The van der Waals surface area contributed by atoms with Gasteiger partial charge in [-0.05, 0) is 35.9 Å². The van der Waals surface area contributed by atoms with Crippen molar-refractivity contribution < 1.29 is 16.8 Å². The van der Waals surface area contributed by atoms with Gasteiger partial charge in [0.1, 0.15) is 0 Å². The fourth-order valence-electron chi connectivity index (χ4n) is 3.03. The molecular formula is C19H24N2O4S3. The van der Waals surface area contributed by atoms with Gasteiger partial charge in [-0.2, -0.15) is 11.8 Å². The third-order valence-electron chi connectivity index (χ3n) is 4.58. The maximum Gasteiger partial charge on any atom is 0.177 e. The molecule has 152 valence electrons. The van der Waals surface area contributed by atoms with E-state index in [0.717, 1.165) is 42.7 Å². The number of hydrogen-bond acceptors (Lipinski definition) is 7. The first-order chi connectivity index (χ1) is 13.1. The minimum absolute atomic E-state index is 0.0116. The molecule has 0 spiro atoms. The fraction of sp³-hybridized carbons (Fsp3) is 0.368. The van der Waals surface area contributed by atoms with E-state index >= 15 is 0 Å². The Kier molecular flexibility index (Phi) is 6.26. The largest absolute Gasteiger partial charge is 0.380 e. The minimum atomic E-state index is -3.58. The second kappa shape index (κ2) is 8.34. The van der Waals surface area contributed by atoms with Gasteiger partial charge in [0, 0.05) is 49.3 Å². The second-order valence-corrected chi connectivity index (χ2v) is 12.0. The number of benzene rings is 2. The van der Waals surface area contributed by atoms with E-state index in [1.165, 1.54) is 23.9 Å². The Balaban J connectivity index is 1.77. The normalized spacial score (nSPS) is 15.4. The standard InChI is InChI=1S/C19H24N2O4S3/c1-27(22,23)17-7-8-18(19(13-17)28(2,24)25)20-14-15-3-5-16(6-4-15)21-9-11-26-12-10-21/h3-8,13,20H,9-12,14H2,1-2H3. The number of nitrogens with zero attached hydrogens (tertiary/aromatic N) is 1. The highest BCUT2D eigenvalue weighted by molar-refractivity contribution is 7.99. The van der Waals surface area contributed by atoms with Gasteiger partial charge in [0.25, 0.3) is 0 Å². The Morgan fingerprint density at radius 1 is 0.929 bits per heavy atom. The number of thioether (sulfide) groups is 1. The zero-order chi connectivity index (χ0) is 20.4. The lowest BCUT2D eigenvalue weighted by atomic mass is 10.2. The summed E-state index contributed by atoms with van der Waals surface area (Å²) in [5.41, 5.74) is 2.60. The molecule has 3 rings (SSSR count). The molecule has 28 heavy (non-hydrogen) atoms. The monoisotopic (exact) mass is 440 g/mol. The molecule has 1 N–H and O–H groups in total. The molecule has 1 heterocycles. The van der Waals surface area contributed by atoms with E-state index in [2.05, 4.69) is 22.3 Å². The topological polar surface area (TPSA) is 83.6 Å². The van der Waals surface area contributed by atoms with Crippen molar-refractivity contribution in [1.82, 2.24) is 0 Å². The van der Waals surface area contributed by atoms with Gasteiger partial charge in [0.05, 0.1) is 15.5 Å². The van der Waals surface area contributed by atoms with Crippen molar-refractivity contribution in [1.29, 1.82) is 0 Å². The second-order valence-electron chi connectivity index (χ2n) is 6.82. The molecule has 1 aliphatic heterocycles. The van der Waals surface area contributed by atoms with Crippen molar-refractivity contribution in [2.24, 2.45) is 0 Å². The van der Waals surface area contributed by atoms with E-state index in [-0.39, 0.29) is 9.79 Å². The first kappa shape index (κ1) is 21.0. The van der Waals surface area contributed by atoms with Crippen LogP contribution in [-0.4, -0.2) is 53.9 Å². The first-order valence-corrected chi connectivity index (χ1v) is 13.8. The summed E-state index contributed by atoms with van der Waals surface area (Å²) in [7, 11) is -7.06. The van der Waals surface area contributed by atoms with Gasteiger partial charge in [-0.3, -0.25) is 0 Å². The van der Waals surface area contributed by atoms with Crippen molar-refractivity contribution in [2.75, 3.05) is 47.3 Å². The molecule has 0 aliphatic carbocycles. The molecule has 2 aromatic rings. The van der Waals surface area contributed by atoms with Crippen LogP contribution in [0.15, 0.2) is 52.3 Å². The molecule has 0 amide bonds. The van der Waals surface area contributed by atoms with Crippen molar-refractivity contribution in [3.05, 3.63) is 48.0 Å². The molecule has 9 heteroatoms. The molecule has 0 atom stereocenters. The van der Waals surface area contributed by atoms with Crippen LogP contribution in [0, 0.1) is 0 Å². The number of anilines is 2. The van der Waals surface area contributed by atoms with Gasteiger partial charge < -0.3 is 10.2 Å². The van der Waals surface area contributed by atoms with E-state index in [1.807, 2.05) is 23.9 Å². The number of rotatable bonds is 6. The lowest BCUT2D eigenvalue weighted by Gasteiger charge is -2.28. The van der Waals surface area contributed by atoms with Gasteiger partial charge in [0.15, 0.2) is 19.7 Å². The SMILES string of the molecule is CS(=O)(=O)c1ccc(NCc2ccc(N3CCSCC3)cc2)c(S(C)(=O)=O)c1. The number of hydrogen-bond donors (Lipinski definition) is 1. The molecule has 1 saturated heterocycles. The smallest absolute Gasteiger partial charge is 0.177 e. The summed E-state index contributed by atoms with van der Waals surface area (Å²) in [6.07, 6.45) is 2.13. The molecule has 0 saturated carbocycles. The van der Waals surface area contributed by atoms with Gasteiger partial charge in [-0.25, -0.2) is 16.8 Å². The highest BCUT2D eigenvalue weighted by atomic mass is 32.2. The lowest BCUT2D eigenvalue weighted by molar-refractivity contribution is 0.600. The highest BCUT2D eigenvalue weighted by Crippen LogP contribution is 2.26. The molecule has 0 bridgehead atoms. The van der Waals surface area contributed by atoms with E-state index in [9.17, 15) is 16.8 Å². The molecule has 1 aliphatic rings. The van der Waals surface area contributed by atoms with Gasteiger partial charge >= 0.3 is 0 Å². The maximum absolute atomic E-state index is 12.1. The third-order valence-corrected chi connectivity index (χ3v) is 7.77. The Labute approximate surface area is 171 Å². The van der Waals surface area contributed by atoms with Crippen LogP contribution in [0.25, 0.3) is 0 Å². The molecule has 0 aromatic heterocycles. The van der Waals surface area contributed by atoms with Crippen LogP contribution in [0.5, 0.6) is 0 Å². The van der Waals surface area contributed by atoms with Crippen molar-refractivity contribution in [3.63, 3.8) is 0 Å². The maximum atomic E-state index is 12.1. The Morgan fingerprint density at radius 3 is 2.14 bits per heavy atom. The summed E-state index contributed by atoms with van der Waals surface area (Å²) in [5, 5.41) is 3.12. The van der Waals surface area contributed by atoms with Crippen LogP contribution in [0.4, 0.5) is 11.4 Å².